The SMILES string of the molecule is Cc1cc(N2C[C@@H]3CCOC[C@]3(CO)C2)nc2cc3c(cc12)CCC3. The van der Waals surface area contributed by atoms with Gasteiger partial charge in [0.15, 0.2) is 0 Å². The summed E-state index contributed by atoms with van der Waals surface area (Å²) in [6.07, 6.45) is 4.70. The van der Waals surface area contributed by atoms with Crippen molar-refractivity contribution < 1.29 is 9.84 Å². The van der Waals surface area contributed by atoms with Gasteiger partial charge in [-0.1, -0.05) is 0 Å². The van der Waals surface area contributed by atoms with E-state index in [-0.39, 0.29) is 12.0 Å². The van der Waals surface area contributed by atoms with Crippen LogP contribution < -0.4 is 4.90 Å². The lowest BCUT2D eigenvalue weighted by atomic mass is 9.76. The molecule has 2 saturated heterocycles. The molecule has 1 aromatic heterocycles. The molecule has 5 rings (SSSR count). The summed E-state index contributed by atoms with van der Waals surface area (Å²) in [5.74, 6) is 1.56. The second kappa shape index (κ2) is 5.68. The number of pyridine rings is 1. The average Bonchev–Trinajstić information content (AvgIpc) is 3.24. The summed E-state index contributed by atoms with van der Waals surface area (Å²) in [5, 5.41) is 11.3. The zero-order valence-electron chi connectivity index (χ0n) is 14.9. The van der Waals surface area contributed by atoms with E-state index in [0.29, 0.717) is 12.5 Å². The number of fused-ring (bicyclic) bond motifs is 3. The summed E-state index contributed by atoms with van der Waals surface area (Å²) in [6, 6.07) is 6.89. The summed E-state index contributed by atoms with van der Waals surface area (Å²) in [7, 11) is 0. The number of hydrogen-bond acceptors (Lipinski definition) is 4. The number of anilines is 1. The minimum absolute atomic E-state index is 0.110. The fourth-order valence-corrected chi connectivity index (χ4v) is 5.10. The van der Waals surface area contributed by atoms with Gasteiger partial charge in [0.1, 0.15) is 5.82 Å². The van der Waals surface area contributed by atoms with Gasteiger partial charge >= 0.3 is 0 Å². The van der Waals surface area contributed by atoms with Crippen molar-refractivity contribution in [3.05, 3.63) is 34.9 Å². The highest BCUT2D eigenvalue weighted by molar-refractivity contribution is 5.85. The van der Waals surface area contributed by atoms with Crippen molar-refractivity contribution in [1.82, 2.24) is 4.98 Å². The van der Waals surface area contributed by atoms with Crippen LogP contribution in [0.5, 0.6) is 0 Å². The molecule has 3 aliphatic rings. The number of benzene rings is 1. The summed E-state index contributed by atoms with van der Waals surface area (Å²) < 4.78 is 5.70. The van der Waals surface area contributed by atoms with Crippen molar-refractivity contribution in [2.24, 2.45) is 11.3 Å². The lowest BCUT2D eigenvalue weighted by Gasteiger charge is -2.36. The van der Waals surface area contributed by atoms with E-state index < -0.39 is 0 Å². The van der Waals surface area contributed by atoms with Gasteiger partial charge in [0, 0.05) is 30.5 Å². The van der Waals surface area contributed by atoms with E-state index in [2.05, 4.69) is 30.0 Å². The second-order valence-electron chi connectivity index (χ2n) is 8.23. The number of rotatable bonds is 2. The molecule has 132 valence electrons. The van der Waals surface area contributed by atoms with E-state index in [9.17, 15) is 5.11 Å². The first-order chi connectivity index (χ1) is 12.2. The molecular formula is C21H26N2O2. The van der Waals surface area contributed by atoms with Crippen LogP contribution in [-0.4, -0.2) is 43.0 Å². The third kappa shape index (κ3) is 2.38. The Hall–Kier alpha value is -1.65. The molecule has 1 N–H and O–H groups in total. The second-order valence-corrected chi connectivity index (χ2v) is 8.23. The summed E-state index contributed by atoms with van der Waals surface area (Å²) >= 11 is 0. The van der Waals surface area contributed by atoms with Gasteiger partial charge in [0.25, 0.3) is 0 Å². The maximum atomic E-state index is 10.0. The topological polar surface area (TPSA) is 45.6 Å². The quantitative estimate of drug-likeness (QED) is 0.915. The molecule has 4 nitrogen and oxygen atoms in total. The Bertz CT molecular complexity index is 834. The van der Waals surface area contributed by atoms with Crippen LogP contribution in [0.2, 0.25) is 0 Å². The van der Waals surface area contributed by atoms with Crippen molar-refractivity contribution in [3.8, 4) is 0 Å². The largest absolute Gasteiger partial charge is 0.396 e. The lowest BCUT2D eigenvalue weighted by Crippen LogP contribution is -2.43. The molecule has 1 aliphatic carbocycles. The van der Waals surface area contributed by atoms with Crippen LogP contribution in [0.4, 0.5) is 5.82 Å². The Balaban J connectivity index is 1.54. The van der Waals surface area contributed by atoms with E-state index in [1.807, 2.05) is 0 Å². The number of nitrogens with zero attached hydrogens (tertiary/aromatic N) is 2. The molecule has 3 heterocycles. The maximum absolute atomic E-state index is 10.0. The minimum atomic E-state index is -0.110. The molecular weight excluding hydrogens is 312 g/mol. The number of aliphatic hydroxyl groups is 1. The normalized spacial score (nSPS) is 28.4. The zero-order chi connectivity index (χ0) is 17.0. The number of aromatic nitrogens is 1. The Morgan fingerprint density at radius 3 is 2.92 bits per heavy atom. The Kier molecular flexibility index (Phi) is 3.54. The number of aliphatic hydroxyl groups excluding tert-OH is 1. The van der Waals surface area contributed by atoms with E-state index in [1.54, 1.807) is 0 Å². The average molecular weight is 338 g/mol. The molecule has 2 aromatic rings. The molecule has 0 bridgehead atoms. The van der Waals surface area contributed by atoms with Gasteiger partial charge < -0.3 is 14.7 Å². The van der Waals surface area contributed by atoms with E-state index in [0.717, 1.165) is 37.5 Å². The van der Waals surface area contributed by atoms with E-state index in [4.69, 9.17) is 9.72 Å². The predicted molar refractivity (Wildman–Crippen MR) is 99.2 cm³/mol. The first-order valence-corrected chi connectivity index (χ1v) is 9.55. The Morgan fingerprint density at radius 2 is 2.12 bits per heavy atom. The van der Waals surface area contributed by atoms with E-state index >= 15 is 0 Å². The van der Waals surface area contributed by atoms with Crippen molar-refractivity contribution >= 4 is 16.7 Å². The van der Waals surface area contributed by atoms with Gasteiger partial charge in [-0.05, 0) is 73.4 Å². The first-order valence-electron chi connectivity index (χ1n) is 9.55. The fourth-order valence-electron chi connectivity index (χ4n) is 5.10. The highest BCUT2D eigenvalue weighted by atomic mass is 16.5. The van der Waals surface area contributed by atoms with Gasteiger partial charge in [-0.15, -0.1) is 0 Å². The minimum Gasteiger partial charge on any atom is -0.396 e. The molecule has 2 aliphatic heterocycles. The van der Waals surface area contributed by atoms with Gasteiger partial charge in [0.05, 0.1) is 18.7 Å². The first kappa shape index (κ1) is 15.6. The molecule has 0 spiro atoms. The molecule has 0 saturated carbocycles. The van der Waals surface area contributed by atoms with Crippen LogP contribution in [-0.2, 0) is 17.6 Å². The fraction of sp³-hybridized carbons (Fsp3) is 0.571. The zero-order valence-corrected chi connectivity index (χ0v) is 14.9. The molecule has 0 unspecified atom stereocenters. The van der Waals surface area contributed by atoms with E-state index in [1.165, 1.54) is 41.3 Å². The lowest BCUT2D eigenvalue weighted by molar-refractivity contribution is -0.0543. The molecule has 2 atom stereocenters. The Morgan fingerprint density at radius 1 is 1.28 bits per heavy atom. The molecule has 0 radical (unpaired) electrons. The number of hydrogen-bond donors (Lipinski definition) is 1. The molecule has 25 heavy (non-hydrogen) atoms. The molecule has 1 aromatic carbocycles. The number of ether oxygens (including phenoxy) is 1. The van der Waals surface area contributed by atoms with Crippen LogP contribution in [0.1, 0.15) is 29.5 Å². The summed E-state index contributed by atoms with van der Waals surface area (Å²) in [6.45, 7) is 5.71. The molecule has 0 amide bonds. The number of aryl methyl sites for hydroxylation is 3. The van der Waals surface area contributed by atoms with Gasteiger partial charge in [-0.3, -0.25) is 0 Å². The monoisotopic (exact) mass is 338 g/mol. The van der Waals surface area contributed by atoms with Crippen molar-refractivity contribution in [2.45, 2.75) is 32.6 Å². The molecule has 2 fully saturated rings. The highest BCUT2D eigenvalue weighted by Crippen LogP contribution is 2.42. The van der Waals surface area contributed by atoms with Crippen molar-refractivity contribution in [1.29, 1.82) is 0 Å². The van der Waals surface area contributed by atoms with Gasteiger partial charge in [-0.2, -0.15) is 0 Å². The highest BCUT2D eigenvalue weighted by Gasteiger charge is 2.48. The van der Waals surface area contributed by atoms with Crippen LogP contribution in [0.25, 0.3) is 10.9 Å². The Labute approximate surface area is 148 Å². The predicted octanol–water partition coefficient (Wildman–Crippen LogP) is 2.87. The van der Waals surface area contributed by atoms with Crippen LogP contribution in [0.3, 0.4) is 0 Å². The van der Waals surface area contributed by atoms with Crippen molar-refractivity contribution in [3.63, 3.8) is 0 Å². The van der Waals surface area contributed by atoms with Gasteiger partial charge in [-0.25, -0.2) is 4.98 Å². The summed E-state index contributed by atoms with van der Waals surface area (Å²) in [4.78, 5) is 7.39. The van der Waals surface area contributed by atoms with Crippen molar-refractivity contribution in [2.75, 3.05) is 37.8 Å². The third-order valence-corrected chi connectivity index (χ3v) is 6.67. The van der Waals surface area contributed by atoms with Crippen LogP contribution in [0.15, 0.2) is 18.2 Å². The third-order valence-electron chi connectivity index (χ3n) is 6.67. The summed E-state index contributed by atoms with van der Waals surface area (Å²) in [5.41, 5.74) is 5.31. The van der Waals surface area contributed by atoms with Gasteiger partial charge in [0.2, 0.25) is 0 Å². The van der Waals surface area contributed by atoms with Crippen LogP contribution >= 0.6 is 0 Å². The van der Waals surface area contributed by atoms with Crippen LogP contribution in [0, 0.1) is 18.3 Å². The maximum Gasteiger partial charge on any atom is 0.129 e. The standard InChI is InChI=1S/C21H26N2O2/c1-14-7-20(22-19-9-16-4-2-3-15(16)8-18(14)19)23-10-17-5-6-25-13-21(17,11-23)12-24/h7-9,17,24H,2-6,10-13H2,1H3/t17-,21+/m0/s1. The molecule has 4 heteroatoms. The smallest absolute Gasteiger partial charge is 0.129 e.